The molecule has 0 amide bonds. The van der Waals surface area contributed by atoms with E-state index < -0.39 is 23.5 Å². The highest BCUT2D eigenvalue weighted by Crippen LogP contribution is 2.47. The van der Waals surface area contributed by atoms with E-state index in [0.717, 1.165) is 32.2 Å². The van der Waals surface area contributed by atoms with Crippen molar-refractivity contribution in [2.75, 3.05) is 37.7 Å². The molecule has 1 aromatic carbocycles. The lowest BCUT2D eigenvalue weighted by Crippen LogP contribution is -2.51. The van der Waals surface area contributed by atoms with Gasteiger partial charge in [-0.3, -0.25) is 15.0 Å². The molecular weight excluding hydrogens is 604 g/mol. The van der Waals surface area contributed by atoms with E-state index in [1.165, 1.54) is 25.4 Å². The predicted octanol–water partition coefficient (Wildman–Crippen LogP) is 5.54. The Bertz CT molecular complexity index is 2000. The van der Waals surface area contributed by atoms with Gasteiger partial charge in [0.15, 0.2) is 5.58 Å². The zero-order chi connectivity index (χ0) is 31.4. The second-order valence-electron chi connectivity index (χ2n) is 13.3. The van der Waals surface area contributed by atoms with Crippen molar-refractivity contribution < 1.29 is 26.7 Å². The lowest BCUT2D eigenvalue weighted by Gasteiger charge is -2.34. The van der Waals surface area contributed by atoms with Crippen LogP contribution in [0.4, 0.5) is 23.4 Å². The highest BCUT2D eigenvalue weighted by atomic mass is 19.4. The molecule has 2 bridgehead atoms. The number of halogens is 4. The van der Waals surface area contributed by atoms with Gasteiger partial charge in [-0.1, -0.05) is 0 Å². The smallest absolute Gasteiger partial charge is 0.417 e. The number of alkyl halides is 4. The number of H-pyrrole nitrogens is 1. The SMILES string of the molecule is Cc1cc2[nH]ncc2c(-c2nccc3c2oc2nc(OC[C@@]45CCCN4C[C@H](F)C5)nc(N4CC5CCC(C4)N5)c23)c1C(F)(F)F. The van der Waals surface area contributed by atoms with Crippen molar-refractivity contribution >= 4 is 38.8 Å². The average Bonchev–Trinajstić information content (AvgIpc) is 3.82. The van der Waals surface area contributed by atoms with Crippen molar-refractivity contribution in [2.45, 2.75) is 69.0 Å². The standard InChI is InChI=1S/C32H32F4N8O2/c1-16-9-22-21(11-38-42-22)23(25(16)32(34,35)36)26-27-20(5-7-37-26)24-28(43-13-18-3-4-19(14-43)39-18)40-30(41-29(24)46-27)45-15-31-6-2-8-44(31)12-17(33)10-31/h5,7,9,11,17-19,39H,2-4,6,8,10,12-15H2,1H3,(H,38,42)/t17-,18?,19?,31+/m1/s1. The van der Waals surface area contributed by atoms with Gasteiger partial charge in [-0.05, 0) is 56.8 Å². The van der Waals surface area contributed by atoms with Crippen molar-refractivity contribution in [3.63, 3.8) is 0 Å². The monoisotopic (exact) mass is 636 g/mol. The van der Waals surface area contributed by atoms with E-state index >= 15 is 0 Å². The zero-order valence-electron chi connectivity index (χ0n) is 25.1. The highest BCUT2D eigenvalue weighted by Gasteiger charge is 2.49. The molecule has 240 valence electrons. The van der Waals surface area contributed by atoms with Crippen LogP contribution in [-0.4, -0.2) is 86.6 Å². The minimum Gasteiger partial charge on any atom is -0.461 e. The van der Waals surface area contributed by atoms with Gasteiger partial charge in [-0.25, -0.2) is 4.39 Å². The van der Waals surface area contributed by atoms with E-state index in [0.29, 0.717) is 60.2 Å². The number of anilines is 1. The Hall–Kier alpha value is -4.04. The molecule has 5 aromatic rings. The summed E-state index contributed by atoms with van der Waals surface area (Å²) in [5, 5.41) is 11.9. The maximum absolute atomic E-state index is 14.6. The van der Waals surface area contributed by atoms with Gasteiger partial charge < -0.3 is 19.4 Å². The number of nitrogens with one attached hydrogen (secondary N) is 2. The number of hydrogen-bond acceptors (Lipinski definition) is 9. The van der Waals surface area contributed by atoms with E-state index in [1.807, 2.05) is 0 Å². The predicted molar refractivity (Wildman–Crippen MR) is 163 cm³/mol. The Balaban J connectivity index is 1.23. The summed E-state index contributed by atoms with van der Waals surface area (Å²) in [5.41, 5.74) is -0.351. The molecular formula is C32H32F4N8O2. The van der Waals surface area contributed by atoms with Gasteiger partial charge in [-0.2, -0.15) is 28.2 Å². The van der Waals surface area contributed by atoms with Crippen LogP contribution in [0.1, 0.15) is 43.2 Å². The first-order valence-electron chi connectivity index (χ1n) is 15.8. The van der Waals surface area contributed by atoms with Gasteiger partial charge in [-0.15, -0.1) is 0 Å². The molecule has 0 aliphatic carbocycles. The van der Waals surface area contributed by atoms with Gasteiger partial charge in [0.05, 0.1) is 28.2 Å². The molecule has 2 N–H and O–H groups in total. The van der Waals surface area contributed by atoms with Gasteiger partial charge >= 0.3 is 12.2 Å². The van der Waals surface area contributed by atoms with E-state index in [4.69, 9.17) is 14.1 Å². The summed E-state index contributed by atoms with van der Waals surface area (Å²) >= 11 is 0. The van der Waals surface area contributed by atoms with Crippen molar-refractivity contribution in [2.24, 2.45) is 0 Å². The fourth-order valence-corrected chi connectivity index (χ4v) is 8.49. The first-order chi connectivity index (χ1) is 22.2. The highest BCUT2D eigenvalue weighted by molar-refractivity contribution is 6.14. The summed E-state index contributed by atoms with van der Waals surface area (Å²) in [6.45, 7) is 4.33. The van der Waals surface area contributed by atoms with E-state index in [2.05, 4.69) is 35.3 Å². The molecule has 4 aliphatic rings. The quantitative estimate of drug-likeness (QED) is 0.241. The van der Waals surface area contributed by atoms with Crippen LogP contribution >= 0.6 is 0 Å². The number of pyridine rings is 1. The summed E-state index contributed by atoms with van der Waals surface area (Å²) in [5.74, 6) is 0.610. The number of furan rings is 1. The third-order valence-corrected chi connectivity index (χ3v) is 10.4. The molecule has 4 fully saturated rings. The molecule has 8 heterocycles. The number of hydrogen-bond donors (Lipinski definition) is 2. The fraction of sp³-hybridized carbons (Fsp3) is 0.500. The summed E-state index contributed by atoms with van der Waals surface area (Å²) in [6.07, 6.45) is 1.65. The van der Waals surface area contributed by atoms with Crippen molar-refractivity contribution in [3.05, 3.63) is 35.7 Å². The number of fused-ring (bicyclic) bond motifs is 7. The Morgan fingerprint density at radius 2 is 1.96 bits per heavy atom. The molecule has 14 heteroatoms. The maximum atomic E-state index is 14.6. The lowest BCUT2D eigenvalue weighted by molar-refractivity contribution is -0.137. The Kier molecular flexibility index (Phi) is 6.12. The number of benzene rings is 1. The first-order valence-corrected chi connectivity index (χ1v) is 15.8. The second kappa shape index (κ2) is 9.98. The Morgan fingerprint density at radius 1 is 1.13 bits per heavy atom. The third-order valence-electron chi connectivity index (χ3n) is 10.4. The zero-order valence-corrected chi connectivity index (χ0v) is 25.1. The normalized spacial score (nSPS) is 26.6. The van der Waals surface area contributed by atoms with E-state index in [9.17, 15) is 17.6 Å². The Labute approximate surface area is 260 Å². The molecule has 4 aromatic heterocycles. The van der Waals surface area contributed by atoms with Crippen LogP contribution in [0.5, 0.6) is 6.01 Å². The minimum absolute atomic E-state index is 0.0457. The number of piperazine rings is 1. The first kappa shape index (κ1) is 28.2. The summed E-state index contributed by atoms with van der Waals surface area (Å²) in [4.78, 5) is 18.4. The number of rotatable bonds is 5. The second-order valence-corrected chi connectivity index (χ2v) is 13.3. The van der Waals surface area contributed by atoms with Crippen LogP contribution < -0.4 is 15.0 Å². The van der Waals surface area contributed by atoms with Crippen LogP contribution in [0.25, 0.3) is 44.2 Å². The van der Waals surface area contributed by atoms with E-state index in [1.54, 1.807) is 6.07 Å². The minimum atomic E-state index is -4.65. The molecule has 4 saturated heterocycles. The molecule has 4 atom stereocenters. The van der Waals surface area contributed by atoms with Gasteiger partial charge in [0.25, 0.3) is 0 Å². The van der Waals surface area contributed by atoms with Crippen molar-refractivity contribution in [3.8, 4) is 17.3 Å². The number of aromatic amines is 1. The molecule has 0 radical (unpaired) electrons. The number of aromatic nitrogens is 5. The lowest BCUT2D eigenvalue weighted by atomic mass is 9.94. The van der Waals surface area contributed by atoms with Crippen LogP contribution in [0, 0.1) is 6.92 Å². The molecule has 0 spiro atoms. The van der Waals surface area contributed by atoms with Gasteiger partial charge in [0.1, 0.15) is 24.3 Å². The molecule has 2 unspecified atom stereocenters. The molecule has 10 nitrogen and oxygen atoms in total. The largest absolute Gasteiger partial charge is 0.461 e. The topological polar surface area (TPSA) is 108 Å². The summed E-state index contributed by atoms with van der Waals surface area (Å²) in [7, 11) is 0. The summed E-state index contributed by atoms with van der Waals surface area (Å²) in [6, 6.07) is 3.88. The van der Waals surface area contributed by atoms with Crippen LogP contribution in [0.3, 0.4) is 0 Å². The average molecular weight is 637 g/mol. The molecule has 4 aliphatic heterocycles. The third kappa shape index (κ3) is 4.29. The molecule has 9 rings (SSSR count). The van der Waals surface area contributed by atoms with Crippen LogP contribution in [0.2, 0.25) is 0 Å². The van der Waals surface area contributed by atoms with Crippen LogP contribution in [0.15, 0.2) is 28.9 Å². The van der Waals surface area contributed by atoms with Crippen molar-refractivity contribution in [1.29, 1.82) is 0 Å². The van der Waals surface area contributed by atoms with Gasteiger partial charge in [0.2, 0.25) is 5.71 Å². The number of nitrogens with zero attached hydrogens (tertiary/aromatic N) is 6. The van der Waals surface area contributed by atoms with Crippen molar-refractivity contribution in [1.82, 2.24) is 35.4 Å². The fourth-order valence-electron chi connectivity index (χ4n) is 8.49. The maximum Gasteiger partial charge on any atom is 0.417 e. The number of ether oxygens (including phenoxy) is 1. The number of aryl methyl sites for hydroxylation is 1. The summed E-state index contributed by atoms with van der Waals surface area (Å²) < 4.78 is 71.0. The van der Waals surface area contributed by atoms with E-state index in [-0.39, 0.29) is 46.1 Å². The molecule has 0 saturated carbocycles. The van der Waals surface area contributed by atoms with Gasteiger partial charge in [0, 0.05) is 60.7 Å². The van der Waals surface area contributed by atoms with Crippen LogP contribution in [-0.2, 0) is 6.18 Å². The molecule has 46 heavy (non-hydrogen) atoms. The Morgan fingerprint density at radius 3 is 2.76 bits per heavy atom.